The lowest BCUT2D eigenvalue weighted by molar-refractivity contribution is -0.152. The standard InChI is InChI=1S/C35H41N3O4S/c1-34(2,23-35(3,4)33(39)40-5)24-42-30-13-6-7-14-31(30)43-26-17-18-27-28(19-16-25-12-8-10-20-36-25)37-38(29(27)22-26)32-15-9-11-21-41-32/h6-8,10,12-14,16-20,22,32H,9,11,15,21,23-24H2,1-5H3/b19-16+. The summed E-state index contributed by atoms with van der Waals surface area (Å²) >= 11 is 1.67. The van der Waals surface area contributed by atoms with Gasteiger partial charge in [0.2, 0.25) is 0 Å². The van der Waals surface area contributed by atoms with Crippen LogP contribution >= 0.6 is 11.8 Å². The largest absolute Gasteiger partial charge is 0.492 e. The van der Waals surface area contributed by atoms with Crippen molar-refractivity contribution in [2.75, 3.05) is 20.3 Å². The fourth-order valence-electron chi connectivity index (χ4n) is 5.75. The molecule has 7 nitrogen and oxygen atoms in total. The van der Waals surface area contributed by atoms with E-state index in [-0.39, 0.29) is 17.6 Å². The van der Waals surface area contributed by atoms with E-state index in [1.165, 1.54) is 7.11 Å². The lowest BCUT2D eigenvalue weighted by Crippen LogP contribution is -2.34. The summed E-state index contributed by atoms with van der Waals surface area (Å²) in [6.45, 7) is 9.30. The molecule has 2 aromatic heterocycles. The van der Waals surface area contributed by atoms with E-state index in [2.05, 4.69) is 43.1 Å². The maximum absolute atomic E-state index is 12.3. The van der Waals surface area contributed by atoms with Gasteiger partial charge in [0.05, 0.1) is 40.9 Å². The number of rotatable bonds is 11. The number of aromatic nitrogens is 3. The molecule has 0 saturated carbocycles. The molecule has 1 aliphatic rings. The van der Waals surface area contributed by atoms with Crippen LogP contribution in [-0.4, -0.2) is 41.1 Å². The van der Waals surface area contributed by atoms with Crippen LogP contribution in [0.25, 0.3) is 23.1 Å². The number of pyridine rings is 1. The van der Waals surface area contributed by atoms with Crippen molar-refractivity contribution in [1.82, 2.24) is 14.8 Å². The van der Waals surface area contributed by atoms with Crippen LogP contribution in [-0.2, 0) is 14.3 Å². The van der Waals surface area contributed by atoms with Gasteiger partial charge < -0.3 is 14.2 Å². The van der Waals surface area contributed by atoms with Gasteiger partial charge in [-0.1, -0.05) is 43.8 Å². The molecule has 0 N–H and O–H groups in total. The maximum Gasteiger partial charge on any atom is 0.311 e. The lowest BCUT2D eigenvalue weighted by Gasteiger charge is -2.33. The van der Waals surface area contributed by atoms with E-state index in [1.54, 1.807) is 18.0 Å². The van der Waals surface area contributed by atoms with Gasteiger partial charge in [-0.2, -0.15) is 5.10 Å². The molecule has 0 bridgehead atoms. The first kappa shape index (κ1) is 30.8. The molecule has 8 heteroatoms. The Hall–Kier alpha value is -3.62. The van der Waals surface area contributed by atoms with Crippen LogP contribution in [0.5, 0.6) is 5.75 Å². The van der Waals surface area contributed by atoms with E-state index in [1.807, 2.05) is 67.1 Å². The highest BCUT2D eigenvalue weighted by atomic mass is 32.2. The Morgan fingerprint density at radius 2 is 1.88 bits per heavy atom. The second-order valence-corrected chi connectivity index (χ2v) is 13.6. The van der Waals surface area contributed by atoms with Gasteiger partial charge in [0.25, 0.3) is 0 Å². The monoisotopic (exact) mass is 599 g/mol. The molecule has 2 aromatic carbocycles. The number of benzene rings is 2. The Morgan fingerprint density at radius 1 is 1.07 bits per heavy atom. The summed E-state index contributed by atoms with van der Waals surface area (Å²) in [5.74, 6) is 0.611. The molecule has 1 saturated heterocycles. The molecular weight excluding hydrogens is 558 g/mol. The van der Waals surface area contributed by atoms with E-state index in [9.17, 15) is 4.79 Å². The molecule has 4 aromatic rings. The molecule has 5 rings (SSSR count). The molecule has 226 valence electrons. The van der Waals surface area contributed by atoms with Gasteiger partial charge in [-0.05, 0) is 99.6 Å². The number of hydrogen-bond donors (Lipinski definition) is 0. The third-order valence-corrected chi connectivity index (χ3v) is 8.64. The van der Waals surface area contributed by atoms with Crippen molar-refractivity contribution < 1.29 is 19.0 Å². The highest BCUT2D eigenvalue weighted by Crippen LogP contribution is 2.40. The highest BCUT2D eigenvalue weighted by molar-refractivity contribution is 7.99. The summed E-state index contributed by atoms with van der Waals surface area (Å²) < 4.78 is 19.6. The molecular formula is C35H41N3O4S. The minimum Gasteiger partial charge on any atom is -0.492 e. The summed E-state index contributed by atoms with van der Waals surface area (Å²) in [7, 11) is 1.44. The van der Waals surface area contributed by atoms with Crippen molar-refractivity contribution in [2.45, 2.75) is 69.4 Å². The Kier molecular flexibility index (Phi) is 9.57. The summed E-state index contributed by atoms with van der Waals surface area (Å²) in [6.07, 6.45) is 9.53. The van der Waals surface area contributed by atoms with Crippen molar-refractivity contribution in [3.63, 3.8) is 0 Å². The number of hydrogen-bond acceptors (Lipinski definition) is 7. The van der Waals surface area contributed by atoms with Crippen LogP contribution in [0.2, 0.25) is 0 Å². The number of fused-ring (bicyclic) bond motifs is 1. The summed E-state index contributed by atoms with van der Waals surface area (Å²) in [5.41, 5.74) is 2.00. The molecule has 1 unspecified atom stereocenters. The number of methoxy groups -OCH3 is 1. The SMILES string of the molecule is COC(=O)C(C)(C)CC(C)(C)COc1ccccc1Sc1ccc2c(/C=C/c3ccccn3)nn(C3CCCCO3)c2c1. The van der Waals surface area contributed by atoms with Gasteiger partial charge in [-0.15, -0.1) is 0 Å². The molecule has 1 atom stereocenters. The fraction of sp³-hybridized carbons (Fsp3) is 0.400. The van der Waals surface area contributed by atoms with Gasteiger partial charge in [-0.25, -0.2) is 4.68 Å². The number of carbonyl (C=O) groups is 1. The summed E-state index contributed by atoms with van der Waals surface area (Å²) in [6, 6.07) is 20.5. The number of para-hydroxylation sites is 1. The van der Waals surface area contributed by atoms with Crippen LogP contribution in [0.3, 0.4) is 0 Å². The molecule has 0 radical (unpaired) electrons. The molecule has 43 heavy (non-hydrogen) atoms. The van der Waals surface area contributed by atoms with Crippen LogP contribution in [0, 0.1) is 10.8 Å². The second-order valence-electron chi connectivity index (χ2n) is 12.5. The highest BCUT2D eigenvalue weighted by Gasteiger charge is 2.36. The Morgan fingerprint density at radius 3 is 2.63 bits per heavy atom. The average molecular weight is 600 g/mol. The van der Waals surface area contributed by atoms with Gasteiger partial charge in [-0.3, -0.25) is 9.78 Å². The first-order chi connectivity index (χ1) is 20.6. The number of nitrogens with zero attached hydrogens (tertiary/aromatic N) is 3. The first-order valence-electron chi connectivity index (χ1n) is 14.9. The van der Waals surface area contributed by atoms with Gasteiger partial charge in [0, 0.05) is 23.1 Å². The number of esters is 1. The maximum atomic E-state index is 12.3. The third kappa shape index (κ3) is 7.67. The predicted molar refractivity (Wildman–Crippen MR) is 172 cm³/mol. The van der Waals surface area contributed by atoms with E-state index in [4.69, 9.17) is 19.3 Å². The molecule has 1 fully saturated rings. The quantitative estimate of drug-likeness (QED) is 0.160. The first-order valence-corrected chi connectivity index (χ1v) is 15.7. The van der Waals surface area contributed by atoms with E-state index < -0.39 is 5.41 Å². The van der Waals surface area contributed by atoms with Gasteiger partial charge >= 0.3 is 5.97 Å². The van der Waals surface area contributed by atoms with E-state index in [0.717, 1.165) is 63.7 Å². The average Bonchev–Trinajstić information content (AvgIpc) is 3.37. The van der Waals surface area contributed by atoms with Crippen LogP contribution in [0.4, 0.5) is 0 Å². The molecule has 0 amide bonds. The minimum atomic E-state index is -0.595. The number of carbonyl (C=O) groups excluding carboxylic acids is 1. The third-order valence-electron chi connectivity index (χ3n) is 7.59. The fourth-order valence-corrected chi connectivity index (χ4v) is 6.69. The van der Waals surface area contributed by atoms with Crippen LogP contribution in [0.15, 0.2) is 76.7 Å². The minimum absolute atomic E-state index is 0.0828. The van der Waals surface area contributed by atoms with Crippen molar-refractivity contribution >= 4 is 40.8 Å². The smallest absolute Gasteiger partial charge is 0.311 e. The Balaban J connectivity index is 1.39. The summed E-state index contributed by atoms with van der Waals surface area (Å²) in [5, 5.41) is 6.08. The number of ether oxygens (including phenoxy) is 3. The Bertz CT molecular complexity index is 1570. The van der Waals surface area contributed by atoms with Crippen molar-refractivity contribution in [2.24, 2.45) is 10.8 Å². The second kappa shape index (κ2) is 13.3. The molecule has 3 heterocycles. The van der Waals surface area contributed by atoms with E-state index >= 15 is 0 Å². The Labute approximate surface area is 258 Å². The van der Waals surface area contributed by atoms with E-state index in [0.29, 0.717) is 13.0 Å². The molecule has 1 aliphatic heterocycles. The van der Waals surface area contributed by atoms with Gasteiger partial charge in [0.15, 0.2) is 6.23 Å². The zero-order valence-electron chi connectivity index (χ0n) is 25.7. The van der Waals surface area contributed by atoms with Gasteiger partial charge in [0.1, 0.15) is 5.75 Å². The topological polar surface area (TPSA) is 75.5 Å². The van der Waals surface area contributed by atoms with Crippen molar-refractivity contribution in [3.05, 3.63) is 78.2 Å². The lowest BCUT2D eigenvalue weighted by atomic mass is 9.75. The van der Waals surface area contributed by atoms with Crippen molar-refractivity contribution in [1.29, 1.82) is 0 Å². The van der Waals surface area contributed by atoms with Crippen LogP contribution < -0.4 is 4.74 Å². The molecule has 0 spiro atoms. The molecule has 0 aliphatic carbocycles. The zero-order valence-corrected chi connectivity index (χ0v) is 26.5. The summed E-state index contributed by atoms with van der Waals surface area (Å²) in [4.78, 5) is 18.8. The predicted octanol–water partition coefficient (Wildman–Crippen LogP) is 8.45. The van der Waals surface area contributed by atoms with Crippen molar-refractivity contribution in [3.8, 4) is 5.75 Å². The van der Waals surface area contributed by atoms with Crippen LogP contribution in [0.1, 0.15) is 71.0 Å². The zero-order chi connectivity index (χ0) is 30.5. The normalized spacial score (nSPS) is 16.1.